The minimum absolute atomic E-state index is 0.111. The second kappa shape index (κ2) is 5.38. The zero-order valence-corrected chi connectivity index (χ0v) is 8.73. The molecule has 0 aliphatic heterocycles. The zero-order valence-electron chi connectivity index (χ0n) is 8.73. The molecule has 1 heteroatoms. The minimum atomic E-state index is 0.111. The Kier molecular flexibility index (Phi) is 4.11. The number of rotatable bonds is 4. The molecule has 1 aromatic rings. The first-order chi connectivity index (χ1) is 6.74. The van der Waals surface area contributed by atoms with Crippen molar-refractivity contribution in [2.45, 2.75) is 26.2 Å². The van der Waals surface area contributed by atoms with Gasteiger partial charge < -0.3 is 0 Å². The molecule has 0 N–H and O–H groups in total. The summed E-state index contributed by atoms with van der Waals surface area (Å²) in [5.74, 6) is 0.472. The lowest BCUT2D eigenvalue weighted by molar-refractivity contribution is -0.112. The van der Waals surface area contributed by atoms with Crippen molar-refractivity contribution in [1.29, 1.82) is 0 Å². The molecule has 14 heavy (non-hydrogen) atoms. The van der Waals surface area contributed by atoms with E-state index in [4.69, 9.17) is 0 Å². The first kappa shape index (κ1) is 10.7. The Morgan fingerprint density at radius 1 is 1.36 bits per heavy atom. The van der Waals surface area contributed by atoms with Gasteiger partial charge in [-0.3, -0.25) is 4.79 Å². The summed E-state index contributed by atoms with van der Waals surface area (Å²) >= 11 is 0. The molecule has 0 aliphatic carbocycles. The van der Waals surface area contributed by atoms with E-state index in [1.54, 1.807) is 13.0 Å². The minimum Gasteiger partial charge on any atom is -0.295 e. The fourth-order valence-electron chi connectivity index (χ4n) is 1.43. The number of carbonyl (C=O) groups is 1. The second-order valence-corrected chi connectivity index (χ2v) is 3.40. The van der Waals surface area contributed by atoms with Gasteiger partial charge in [0.05, 0.1) is 0 Å². The van der Waals surface area contributed by atoms with Crippen LogP contribution in [0, 0.1) is 0 Å². The van der Waals surface area contributed by atoms with Gasteiger partial charge in [-0.15, -0.1) is 0 Å². The highest BCUT2D eigenvalue weighted by atomic mass is 16.1. The molecule has 1 atom stereocenters. The van der Waals surface area contributed by atoms with Crippen LogP contribution in [0.25, 0.3) is 0 Å². The Morgan fingerprint density at radius 3 is 2.50 bits per heavy atom. The molecule has 0 bridgehead atoms. The van der Waals surface area contributed by atoms with Crippen molar-refractivity contribution in [3.8, 4) is 0 Å². The number of carbonyl (C=O) groups excluding carboxylic acids is 1. The number of ketones is 1. The number of hydrogen-bond acceptors (Lipinski definition) is 1. The smallest absolute Gasteiger partial charge is 0.152 e. The van der Waals surface area contributed by atoms with Gasteiger partial charge in [0.1, 0.15) is 0 Å². The lowest BCUT2D eigenvalue weighted by Gasteiger charge is -2.09. The van der Waals surface area contributed by atoms with Gasteiger partial charge in [0.15, 0.2) is 5.78 Å². The van der Waals surface area contributed by atoms with Crippen molar-refractivity contribution < 1.29 is 4.79 Å². The van der Waals surface area contributed by atoms with Crippen LogP contribution >= 0.6 is 0 Å². The van der Waals surface area contributed by atoms with Crippen molar-refractivity contribution >= 4 is 5.78 Å². The van der Waals surface area contributed by atoms with Gasteiger partial charge in [0.2, 0.25) is 0 Å². The van der Waals surface area contributed by atoms with Crippen LogP contribution in [0.1, 0.15) is 31.7 Å². The highest BCUT2D eigenvalue weighted by Gasteiger charge is 2.03. The van der Waals surface area contributed by atoms with Gasteiger partial charge in [0.25, 0.3) is 0 Å². The van der Waals surface area contributed by atoms with Crippen LogP contribution in [-0.2, 0) is 4.79 Å². The van der Waals surface area contributed by atoms with E-state index in [2.05, 4.69) is 19.1 Å². The van der Waals surface area contributed by atoms with Gasteiger partial charge in [-0.1, -0.05) is 43.3 Å². The van der Waals surface area contributed by atoms with Gasteiger partial charge in [-0.05, 0) is 25.0 Å². The summed E-state index contributed by atoms with van der Waals surface area (Å²) in [5, 5.41) is 0. The molecule has 0 heterocycles. The summed E-state index contributed by atoms with van der Waals surface area (Å²) in [6, 6.07) is 10.3. The topological polar surface area (TPSA) is 17.1 Å². The molecular weight excluding hydrogens is 172 g/mol. The van der Waals surface area contributed by atoms with E-state index in [1.165, 1.54) is 5.56 Å². The summed E-state index contributed by atoms with van der Waals surface area (Å²) < 4.78 is 0. The molecule has 0 saturated heterocycles. The lowest BCUT2D eigenvalue weighted by Crippen LogP contribution is -1.93. The second-order valence-electron chi connectivity index (χ2n) is 3.40. The molecule has 0 fully saturated rings. The van der Waals surface area contributed by atoms with Crippen LogP contribution in [0.5, 0.6) is 0 Å². The molecule has 0 aliphatic rings. The SMILES string of the molecule is CC[C@H](/C=C/C(C)=O)c1ccccc1. The first-order valence-electron chi connectivity index (χ1n) is 4.97. The number of allylic oxidation sites excluding steroid dienone is 2. The van der Waals surface area contributed by atoms with Crippen LogP contribution in [-0.4, -0.2) is 5.78 Å². The van der Waals surface area contributed by atoms with E-state index in [0.717, 1.165) is 6.42 Å². The summed E-state index contributed by atoms with van der Waals surface area (Å²) in [7, 11) is 0. The molecule has 74 valence electrons. The maximum Gasteiger partial charge on any atom is 0.152 e. The third-order valence-corrected chi connectivity index (χ3v) is 2.23. The Hall–Kier alpha value is -1.37. The van der Waals surface area contributed by atoms with Crippen molar-refractivity contribution in [2.75, 3.05) is 0 Å². The fourth-order valence-corrected chi connectivity index (χ4v) is 1.43. The molecular formula is C13H16O. The largest absolute Gasteiger partial charge is 0.295 e. The highest BCUT2D eigenvalue weighted by Crippen LogP contribution is 2.20. The molecule has 0 spiro atoms. The van der Waals surface area contributed by atoms with Crippen molar-refractivity contribution in [3.63, 3.8) is 0 Å². The van der Waals surface area contributed by atoms with Crippen molar-refractivity contribution in [3.05, 3.63) is 48.0 Å². The fraction of sp³-hybridized carbons (Fsp3) is 0.308. The van der Waals surface area contributed by atoms with Gasteiger partial charge in [-0.25, -0.2) is 0 Å². The number of benzene rings is 1. The predicted molar refractivity (Wildman–Crippen MR) is 59.3 cm³/mol. The molecule has 0 saturated carbocycles. The average molecular weight is 188 g/mol. The Balaban J connectivity index is 2.78. The van der Waals surface area contributed by atoms with Gasteiger partial charge in [0, 0.05) is 5.92 Å². The molecule has 0 radical (unpaired) electrons. The van der Waals surface area contributed by atoms with Crippen LogP contribution in [0.2, 0.25) is 0 Å². The van der Waals surface area contributed by atoms with E-state index >= 15 is 0 Å². The highest BCUT2D eigenvalue weighted by molar-refractivity contribution is 5.87. The number of hydrogen-bond donors (Lipinski definition) is 0. The summed E-state index contributed by atoms with van der Waals surface area (Å²) in [6.45, 7) is 3.70. The monoisotopic (exact) mass is 188 g/mol. The van der Waals surface area contributed by atoms with Gasteiger partial charge >= 0.3 is 0 Å². The van der Waals surface area contributed by atoms with E-state index in [-0.39, 0.29) is 5.78 Å². The van der Waals surface area contributed by atoms with Crippen LogP contribution in [0.4, 0.5) is 0 Å². The summed E-state index contributed by atoms with van der Waals surface area (Å²) in [6.07, 6.45) is 4.66. The lowest BCUT2D eigenvalue weighted by atomic mass is 9.96. The third-order valence-electron chi connectivity index (χ3n) is 2.23. The summed E-state index contributed by atoms with van der Waals surface area (Å²) in [4.78, 5) is 10.8. The quantitative estimate of drug-likeness (QED) is 0.662. The first-order valence-corrected chi connectivity index (χ1v) is 4.97. The molecule has 1 nitrogen and oxygen atoms in total. The predicted octanol–water partition coefficient (Wildman–Crippen LogP) is 3.33. The van der Waals surface area contributed by atoms with Crippen LogP contribution < -0.4 is 0 Å². The maximum atomic E-state index is 10.8. The van der Waals surface area contributed by atoms with Crippen LogP contribution in [0.3, 0.4) is 0 Å². The third kappa shape index (κ3) is 3.17. The van der Waals surface area contributed by atoms with E-state index in [0.29, 0.717) is 5.92 Å². The van der Waals surface area contributed by atoms with E-state index in [1.807, 2.05) is 24.3 Å². The van der Waals surface area contributed by atoms with Crippen molar-refractivity contribution in [1.82, 2.24) is 0 Å². The molecule has 1 aromatic carbocycles. The molecule has 0 amide bonds. The van der Waals surface area contributed by atoms with E-state index < -0.39 is 0 Å². The van der Waals surface area contributed by atoms with Crippen LogP contribution in [0.15, 0.2) is 42.5 Å². The standard InChI is InChI=1S/C13H16O/c1-3-12(10-9-11(2)14)13-7-5-4-6-8-13/h4-10,12H,3H2,1-2H3/b10-9+/t12-/m1/s1. The molecule has 0 unspecified atom stereocenters. The molecule has 1 rings (SSSR count). The Labute approximate surface area is 85.5 Å². The normalized spacial score (nSPS) is 13.0. The zero-order chi connectivity index (χ0) is 10.4. The Morgan fingerprint density at radius 2 is 2.00 bits per heavy atom. The average Bonchev–Trinajstić information content (AvgIpc) is 2.20. The molecule has 0 aromatic heterocycles. The Bertz CT molecular complexity index is 311. The van der Waals surface area contributed by atoms with E-state index in [9.17, 15) is 4.79 Å². The maximum absolute atomic E-state index is 10.8. The van der Waals surface area contributed by atoms with Crippen molar-refractivity contribution in [2.24, 2.45) is 0 Å². The van der Waals surface area contributed by atoms with Gasteiger partial charge in [-0.2, -0.15) is 0 Å². The summed E-state index contributed by atoms with van der Waals surface area (Å²) in [5.41, 5.74) is 1.27.